The average molecular weight is 398 g/mol. The number of amides is 1. The van der Waals surface area contributed by atoms with Gasteiger partial charge in [-0.25, -0.2) is 0 Å². The molecule has 2 aromatic carbocycles. The zero-order chi connectivity index (χ0) is 20.6. The van der Waals surface area contributed by atoms with Crippen LogP contribution in [-0.2, 0) is 0 Å². The molecule has 0 spiro atoms. The Morgan fingerprint density at radius 3 is 2.17 bits per heavy atom. The molecule has 6 nitrogen and oxygen atoms in total. The van der Waals surface area contributed by atoms with Crippen molar-refractivity contribution in [3.63, 3.8) is 0 Å². The number of rotatable bonds is 8. The number of hydrogen-bond acceptors (Lipinski definition) is 5. The van der Waals surface area contributed by atoms with Gasteiger partial charge in [-0.3, -0.25) is 9.69 Å². The fourth-order valence-corrected chi connectivity index (χ4v) is 3.75. The first kappa shape index (κ1) is 21.1. The van der Waals surface area contributed by atoms with E-state index in [-0.39, 0.29) is 11.9 Å². The number of ether oxygens (including phenoxy) is 2. The number of benzene rings is 2. The van der Waals surface area contributed by atoms with E-state index in [2.05, 4.69) is 46.3 Å². The maximum atomic E-state index is 12.8. The van der Waals surface area contributed by atoms with Gasteiger partial charge in [0.1, 0.15) is 11.5 Å². The second kappa shape index (κ2) is 10.3. The highest BCUT2D eigenvalue weighted by Gasteiger charge is 2.25. The molecule has 1 saturated heterocycles. The lowest BCUT2D eigenvalue weighted by Crippen LogP contribution is -2.49. The van der Waals surface area contributed by atoms with E-state index in [1.165, 1.54) is 5.56 Å². The Hall–Kier alpha value is -2.57. The lowest BCUT2D eigenvalue weighted by Gasteiger charge is -2.39. The molecule has 1 fully saturated rings. The van der Waals surface area contributed by atoms with Crippen LogP contribution in [0.5, 0.6) is 11.5 Å². The molecular formula is C23H31N3O3. The molecule has 0 radical (unpaired) electrons. The van der Waals surface area contributed by atoms with E-state index in [1.807, 2.05) is 6.07 Å². The first-order valence-electron chi connectivity index (χ1n) is 10.2. The Balaban J connectivity index is 1.72. The molecule has 0 bridgehead atoms. The molecule has 29 heavy (non-hydrogen) atoms. The third-order valence-electron chi connectivity index (χ3n) is 5.55. The van der Waals surface area contributed by atoms with Crippen molar-refractivity contribution in [1.82, 2.24) is 15.1 Å². The Bertz CT molecular complexity index is 767. The van der Waals surface area contributed by atoms with Gasteiger partial charge in [0.05, 0.1) is 20.3 Å². The largest absolute Gasteiger partial charge is 0.497 e. The van der Waals surface area contributed by atoms with Crippen LogP contribution < -0.4 is 14.8 Å². The van der Waals surface area contributed by atoms with Gasteiger partial charge in [0.15, 0.2) is 0 Å². The second-order valence-corrected chi connectivity index (χ2v) is 7.21. The van der Waals surface area contributed by atoms with Crippen molar-refractivity contribution in [2.24, 2.45) is 0 Å². The topological polar surface area (TPSA) is 54.0 Å². The number of hydrogen-bond donors (Lipinski definition) is 1. The van der Waals surface area contributed by atoms with Crippen molar-refractivity contribution in [2.75, 3.05) is 53.5 Å². The predicted octanol–water partition coefficient (Wildman–Crippen LogP) is 2.81. The van der Waals surface area contributed by atoms with Gasteiger partial charge < -0.3 is 19.7 Å². The predicted molar refractivity (Wildman–Crippen MR) is 115 cm³/mol. The van der Waals surface area contributed by atoms with Crippen LogP contribution in [0.4, 0.5) is 0 Å². The number of methoxy groups -OCH3 is 2. The number of piperazine rings is 1. The molecule has 3 rings (SSSR count). The van der Waals surface area contributed by atoms with E-state index in [9.17, 15) is 4.79 Å². The van der Waals surface area contributed by atoms with Crippen LogP contribution in [0.25, 0.3) is 0 Å². The molecule has 0 saturated carbocycles. The summed E-state index contributed by atoms with van der Waals surface area (Å²) in [7, 11) is 3.16. The molecule has 1 heterocycles. The summed E-state index contributed by atoms with van der Waals surface area (Å²) in [6.07, 6.45) is 0. The van der Waals surface area contributed by atoms with E-state index in [1.54, 1.807) is 32.4 Å². The number of carbonyl (C=O) groups is 1. The van der Waals surface area contributed by atoms with Crippen molar-refractivity contribution in [2.45, 2.75) is 13.0 Å². The average Bonchev–Trinajstić information content (AvgIpc) is 2.79. The van der Waals surface area contributed by atoms with Crippen LogP contribution in [0.15, 0.2) is 48.5 Å². The van der Waals surface area contributed by atoms with Gasteiger partial charge in [-0.15, -0.1) is 0 Å². The molecule has 1 amide bonds. The first-order valence-corrected chi connectivity index (χ1v) is 10.2. The van der Waals surface area contributed by atoms with E-state index in [0.717, 1.165) is 32.7 Å². The Labute approximate surface area is 173 Å². The highest BCUT2D eigenvalue weighted by atomic mass is 16.5. The normalized spacial score (nSPS) is 16.2. The second-order valence-electron chi connectivity index (χ2n) is 7.21. The van der Waals surface area contributed by atoms with Crippen molar-refractivity contribution in [3.8, 4) is 11.5 Å². The van der Waals surface area contributed by atoms with Crippen LogP contribution in [0, 0.1) is 0 Å². The maximum absolute atomic E-state index is 12.8. The van der Waals surface area contributed by atoms with Crippen molar-refractivity contribution in [3.05, 3.63) is 59.7 Å². The van der Waals surface area contributed by atoms with Gasteiger partial charge in [0, 0.05) is 44.4 Å². The minimum Gasteiger partial charge on any atom is -0.497 e. The van der Waals surface area contributed by atoms with E-state index in [0.29, 0.717) is 23.6 Å². The molecule has 1 unspecified atom stereocenters. The molecule has 156 valence electrons. The number of carbonyl (C=O) groups excluding carboxylic acids is 1. The maximum Gasteiger partial charge on any atom is 0.251 e. The third kappa shape index (κ3) is 5.49. The van der Waals surface area contributed by atoms with Crippen molar-refractivity contribution in [1.29, 1.82) is 0 Å². The van der Waals surface area contributed by atoms with Gasteiger partial charge >= 0.3 is 0 Å². The van der Waals surface area contributed by atoms with Gasteiger partial charge in [-0.1, -0.05) is 37.3 Å². The van der Waals surface area contributed by atoms with Crippen LogP contribution >= 0.6 is 0 Å². The van der Waals surface area contributed by atoms with Crippen LogP contribution in [0.2, 0.25) is 0 Å². The van der Waals surface area contributed by atoms with Crippen molar-refractivity contribution >= 4 is 5.91 Å². The Morgan fingerprint density at radius 1 is 1.00 bits per heavy atom. The van der Waals surface area contributed by atoms with Gasteiger partial charge in [-0.05, 0) is 24.2 Å². The van der Waals surface area contributed by atoms with Crippen LogP contribution in [-0.4, -0.2) is 69.2 Å². The molecule has 1 aliphatic heterocycles. The molecular weight excluding hydrogens is 366 g/mol. The summed E-state index contributed by atoms with van der Waals surface area (Å²) >= 11 is 0. The Morgan fingerprint density at radius 2 is 1.62 bits per heavy atom. The smallest absolute Gasteiger partial charge is 0.251 e. The van der Waals surface area contributed by atoms with Crippen LogP contribution in [0.3, 0.4) is 0 Å². The molecule has 6 heteroatoms. The van der Waals surface area contributed by atoms with E-state index < -0.39 is 0 Å². The third-order valence-corrected chi connectivity index (χ3v) is 5.55. The number of likely N-dealkylation sites (N-methyl/N-ethyl adjacent to an activating group) is 1. The van der Waals surface area contributed by atoms with Gasteiger partial charge in [-0.2, -0.15) is 0 Å². The Kier molecular flexibility index (Phi) is 7.49. The minimum atomic E-state index is -0.129. The standard InChI is InChI=1S/C23H31N3O3/c1-4-25-10-12-26(13-11-25)22(18-8-6-5-7-9-18)17-24-23(27)19-14-20(28-2)16-21(15-19)29-3/h5-9,14-16,22H,4,10-13,17H2,1-3H3,(H,24,27). The van der Waals surface area contributed by atoms with Gasteiger partial charge in [0.2, 0.25) is 0 Å². The summed E-state index contributed by atoms with van der Waals surface area (Å²) in [4.78, 5) is 17.8. The summed E-state index contributed by atoms with van der Waals surface area (Å²) in [5, 5.41) is 3.12. The van der Waals surface area contributed by atoms with E-state index >= 15 is 0 Å². The van der Waals surface area contributed by atoms with Crippen LogP contribution in [0.1, 0.15) is 28.9 Å². The fraction of sp³-hybridized carbons (Fsp3) is 0.435. The lowest BCUT2D eigenvalue weighted by molar-refractivity contribution is 0.0855. The number of nitrogens with zero attached hydrogens (tertiary/aromatic N) is 2. The quantitative estimate of drug-likeness (QED) is 0.742. The summed E-state index contributed by atoms with van der Waals surface area (Å²) in [6, 6.07) is 15.8. The zero-order valence-corrected chi connectivity index (χ0v) is 17.6. The molecule has 0 aromatic heterocycles. The van der Waals surface area contributed by atoms with Gasteiger partial charge in [0.25, 0.3) is 5.91 Å². The lowest BCUT2D eigenvalue weighted by atomic mass is 10.0. The minimum absolute atomic E-state index is 0.129. The summed E-state index contributed by atoms with van der Waals surface area (Å²) < 4.78 is 10.6. The van der Waals surface area contributed by atoms with E-state index in [4.69, 9.17) is 9.47 Å². The molecule has 2 aromatic rings. The monoisotopic (exact) mass is 397 g/mol. The zero-order valence-electron chi connectivity index (χ0n) is 17.6. The molecule has 1 atom stereocenters. The van der Waals surface area contributed by atoms with Crippen molar-refractivity contribution < 1.29 is 14.3 Å². The molecule has 1 aliphatic rings. The first-order chi connectivity index (χ1) is 14.1. The summed E-state index contributed by atoms with van der Waals surface area (Å²) in [6.45, 7) is 7.94. The number of nitrogens with one attached hydrogen (secondary N) is 1. The fourth-order valence-electron chi connectivity index (χ4n) is 3.75. The highest BCUT2D eigenvalue weighted by molar-refractivity contribution is 5.95. The summed E-state index contributed by atoms with van der Waals surface area (Å²) in [5.74, 6) is 1.07. The molecule has 0 aliphatic carbocycles. The molecule has 1 N–H and O–H groups in total. The highest BCUT2D eigenvalue weighted by Crippen LogP contribution is 2.24. The SMILES string of the molecule is CCN1CCN(C(CNC(=O)c2cc(OC)cc(OC)c2)c2ccccc2)CC1. The summed E-state index contributed by atoms with van der Waals surface area (Å²) in [5.41, 5.74) is 1.75.